The molecule has 186 valence electrons. The van der Waals surface area contributed by atoms with E-state index in [1.165, 1.54) is 0 Å². The molecular weight excluding hydrogens is 434 g/mol. The molecule has 34 heavy (non-hydrogen) atoms. The summed E-state index contributed by atoms with van der Waals surface area (Å²) in [5.74, 6) is 0.545. The third kappa shape index (κ3) is 5.19. The first-order valence-corrected chi connectivity index (χ1v) is 12.2. The minimum absolute atomic E-state index is 0.0463. The summed E-state index contributed by atoms with van der Waals surface area (Å²) >= 11 is 0. The first-order valence-electron chi connectivity index (χ1n) is 12.2. The van der Waals surface area contributed by atoms with Crippen molar-refractivity contribution < 1.29 is 19.1 Å². The van der Waals surface area contributed by atoms with Crippen LogP contribution < -0.4 is 15.5 Å². The minimum atomic E-state index is -0.896. The van der Waals surface area contributed by atoms with Gasteiger partial charge in [-0.1, -0.05) is 26.8 Å². The number of aromatic nitrogens is 1. The average Bonchev–Trinajstić information content (AvgIpc) is 2.93. The number of imide groups is 1. The maximum Gasteiger partial charge on any atom is 0.325 e. The van der Waals surface area contributed by atoms with E-state index < -0.39 is 11.6 Å². The quantitative estimate of drug-likeness (QED) is 0.640. The van der Waals surface area contributed by atoms with Crippen LogP contribution in [0.2, 0.25) is 0 Å². The van der Waals surface area contributed by atoms with E-state index in [0.717, 1.165) is 35.8 Å². The number of rotatable bonds is 5. The van der Waals surface area contributed by atoms with Crippen molar-refractivity contribution in [1.82, 2.24) is 20.5 Å². The third-order valence-corrected chi connectivity index (χ3v) is 6.97. The fourth-order valence-corrected chi connectivity index (χ4v) is 6.12. The molecule has 0 aromatic carbocycles. The Hall–Kier alpha value is -2.68. The molecule has 4 unspecified atom stereocenters. The monoisotopic (exact) mass is 471 g/mol. The molecule has 1 aromatic rings. The fraction of sp³-hybridized carbons (Fsp3) is 0.680. The minimum Gasteiger partial charge on any atom is -0.372 e. The lowest BCUT2D eigenvalue weighted by molar-refractivity contribution is -0.137. The smallest absolute Gasteiger partial charge is 0.325 e. The standard InChI is InChI=1S/C25H37N5O4/c1-16-8-24(4,5)15-25(9-16)22(32)30(23(33)28-25)14-21(31)27-11-19-6-7-20(26-10-19)29-12-17(2)34-18(3)13-29/h6-7,10,16-18H,8-9,11-15H2,1-5H3,(H,27,31)(H,28,33). The van der Waals surface area contributed by atoms with E-state index in [1.807, 2.05) is 12.1 Å². The van der Waals surface area contributed by atoms with Gasteiger partial charge in [-0.15, -0.1) is 0 Å². The number of nitrogens with zero attached hydrogens (tertiary/aromatic N) is 3. The van der Waals surface area contributed by atoms with E-state index in [9.17, 15) is 14.4 Å². The Morgan fingerprint density at radius 3 is 2.50 bits per heavy atom. The number of urea groups is 1. The van der Waals surface area contributed by atoms with Crippen LogP contribution in [0.4, 0.5) is 10.6 Å². The number of amides is 4. The number of pyridine rings is 1. The topological polar surface area (TPSA) is 104 Å². The van der Waals surface area contributed by atoms with Gasteiger partial charge in [-0.2, -0.15) is 0 Å². The molecule has 3 heterocycles. The largest absolute Gasteiger partial charge is 0.372 e. The van der Waals surface area contributed by atoms with E-state index in [2.05, 4.69) is 55.1 Å². The summed E-state index contributed by atoms with van der Waals surface area (Å²) in [6.07, 6.45) is 4.25. The van der Waals surface area contributed by atoms with Gasteiger partial charge < -0.3 is 20.3 Å². The lowest BCUT2D eigenvalue weighted by atomic mass is 9.64. The van der Waals surface area contributed by atoms with Gasteiger partial charge in [0.05, 0.1) is 12.2 Å². The van der Waals surface area contributed by atoms with Gasteiger partial charge in [-0.3, -0.25) is 14.5 Å². The van der Waals surface area contributed by atoms with Crippen LogP contribution in [0.25, 0.3) is 0 Å². The number of anilines is 1. The summed E-state index contributed by atoms with van der Waals surface area (Å²) in [5, 5.41) is 5.72. The highest BCUT2D eigenvalue weighted by atomic mass is 16.5. The lowest BCUT2D eigenvalue weighted by Gasteiger charge is -2.43. The van der Waals surface area contributed by atoms with Crippen molar-refractivity contribution in [1.29, 1.82) is 0 Å². The lowest BCUT2D eigenvalue weighted by Crippen LogP contribution is -2.54. The van der Waals surface area contributed by atoms with Crippen LogP contribution >= 0.6 is 0 Å². The van der Waals surface area contributed by atoms with Gasteiger partial charge >= 0.3 is 6.03 Å². The van der Waals surface area contributed by atoms with Crippen LogP contribution in [0.3, 0.4) is 0 Å². The molecule has 1 saturated carbocycles. The van der Waals surface area contributed by atoms with Gasteiger partial charge in [-0.25, -0.2) is 9.78 Å². The van der Waals surface area contributed by atoms with Crippen molar-refractivity contribution in [3.05, 3.63) is 23.9 Å². The van der Waals surface area contributed by atoms with Gasteiger partial charge in [-0.05, 0) is 56.1 Å². The van der Waals surface area contributed by atoms with E-state index >= 15 is 0 Å². The maximum atomic E-state index is 13.2. The van der Waals surface area contributed by atoms with E-state index in [0.29, 0.717) is 18.8 Å². The van der Waals surface area contributed by atoms with Crippen LogP contribution in [0.5, 0.6) is 0 Å². The number of nitrogens with one attached hydrogen (secondary N) is 2. The fourth-order valence-electron chi connectivity index (χ4n) is 6.12. The SMILES string of the molecule is CC1CC(C)(C)CC2(C1)NC(=O)N(CC(=O)NCc1ccc(N3CC(C)OC(C)C3)nc1)C2=O. The van der Waals surface area contributed by atoms with Gasteiger partial charge in [0.2, 0.25) is 5.91 Å². The molecule has 2 N–H and O–H groups in total. The molecule has 1 aliphatic carbocycles. The number of carbonyl (C=O) groups excluding carboxylic acids is 3. The molecule has 0 radical (unpaired) electrons. The number of hydrogen-bond acceptors (Lipinski definition) is 6. The van der Waals surface area contributed by atoms with Crippen LogP contribution in [0.1, 0.15) is 59.4 Å². The van der Waals surface area contributed by atoms with Gasteiger partial charge in [0.1, 0.15) is 17.9 Å². The molecule has 0 bridgehead atoms. The van der Waals surface area contributed by atoms with Crippen molar-refractivity contribution in [2.75, 3.05) is 24.5 Å². The van der Waals surface area contributed by atoms with Crippen molar-refractivity contribution in [3.8, 4) is 0 Å². The second-order valence-corrected chi connectivity index (χ2v) is 11.2. The zero-order valence-electron chi connectivity index (χ0n) is 20.9. The van der Waals surface area contributed by atoms with Gasteiger partial charge in [0, 0.05) is 25.8 Å². The van der Waals surface area contributed by atoms with Crippen LogP contribution in [0.15, 0.2) is 18.3 Å². The van der Waals surface area contributed by atoms with Gasteiger partial charge in [0.15, 0.2) is 0 Å². The summed E-state index contributed by atoms with van der Waals surface area (Å²) in [6, 6.07) is 3.39. The summed E-state index contributed by atoms with van der Waals surface area (Å²) in [6.45, 7) is 12.0. The first kappa shape index (κ1) is 24.4. The van der Waals surface area contributed by atoms with Crippen molar-refractivity contribution in [2.45, 2.75) is 78.2 Å². The summed E-state index contributed by atoms with van der Waals surface area (Å²) < 4.78 is 5.77. The molecule has 9 nitrogen and oxygen atoms in total. The highest BCUT2D eigenvalue weighted by Crippen LogP contribution is 2.46. The highest BCUT2D eigenvalue weighted by molar-refractivity contribution is 6.09. The molecule has 3 aliphatic rings. The second-order valence-electron chi connectivity index (χ2n) is 11.2. The van der Waals surface area contributed by atoms with Crippen LogP contribution in [0, 0.1) is 11.3 Å². The molecule has 1 aromatic heterocycles. The van der Waals surface area contributed by atoms with E-state index in [4.69, 9.17) is 4.74 Å². The Morgan fingerprint density at radius 1 is 1.18 bits per heavy atom. The molecule has 4 amide bonds. The third-order valence-electron chi connectivity index (χ3n) is 6.97. The van der Waals surface area contributed by atoms with Crippen LogP contribution in [-0.2, 0) is 20.9 Å². The zero-order valence-corrected chi connectivity index (χ0v) is 20.9. The number of morpholine rings is 1. The molecule has 4 atom stereocenters. The van der Waals surface area contributed by atoms with Crippen molar-refractivity contribution in [2.24, 2.45) is 11.3 Å². The molecule has 2 saturated heterocycles. The molecule has 9 heteroatoms. The molecule has 3 fully saturated rings. The predicted octanol–water partition coefficient (Wildman–Crippen LogP) is 2.45. The summed E-state index contributed by atoms with van der Waals surface area (Å²) in [4.78, 5) is 46.2. The Balaban J connectivity index is 1.32. The summed E-state index contributed by atoms with van der Waals surface area (Å²) in [7, 11) is 0. The number of ether oxygens (including phenoxy) is 1. The van der Waals surface area contributed by atoms with Gasteiger partial charge in [0.25, 0.3) is 5.91 Å². The Bertz CT molecular complexity index is 939. The van der Waals surface area contributed by atoms with Crippen molar-refractivity contribution >= 4 is 23.7 Å². The Labute approximate surface area is 201 Å². The summed E-state index contributed by atoms with van der Waals surface area (Å²) in [5.41, 5.74) is -0.0924. The van der Waals surface area contributed by atoms with E-state index in [-0.39, 0.29) is 42.5 Å². The molecular formula is C25H37N5O4. The van der Waals surface area contributed by atoms with Crippen LogP contribution in [-0.4, -0.2) is 65.1 Å². The Morgan fingerprint density at radius 2 is 1.88 bits per heavy atom. The highest BCUT2D eigenvalue weighted by Gasteiger charge is 2.56. The van der Waals surface area contributed by atoms with E-state index in [1.54, 1.807) is 6.20 Å². The molecule has 2 aliphatic heterocycles. The number of hydrogen-bond donors (Lipinski definition) is 2. The molecule has 4 rings (SSSR count). The maximum absolute atomic E-state index is 13.2. The first-order chi connectivity index (χ1) is 16.0. The predicted molar refractivity (Wildman–Crippen MR) is 128 cm³/mol. The normalized spacial score (nSPS) is 31.0. The second kappa shape index (κ2) is 9.17. The zero-order chi connectivity index (χ0) is 24.7. The number of carbonyl (C=O) groups is 3. The van der Waals surface area contributed by atoms with Crippen molar-refractivity contribution in [3.63, 3.8) is 0 Å². The Kier molecular flexibility index (Phi) is 6.59. The molecule has 1 spiro atoms. The average molecular weight is 472 g/mol.